The summed E-state index contributed by atoms with van der Waals surface area (Å²) in [5.74, 6) is 1.44. The maximum atomic E-state index is 5.25. The summed E-state index contributed by atoms with van der Waals surface area (Å²) in [7, 11) is 1.68. The van der Waals surface area contributed by atoms with Gasteiger partial charge in [0.15, 0.2) is 0 Å². The Morgan fingerprint density at radius 3 is 2.31 bits per heavy atom. The second-order valence-corrected chi connectivity index (χ2v) is 6.59. The molecule has 3 rings (SSSR count). The standard InChI is InChI=1S/C23H26N2O/c1-5-17(2)19-7-9-20(10-8-19)24-16-22-11-6-18(3)25(22)21-12-14-23(26-4)15-13-21/h6-17H,5H2,1-4H3. The Morgan fingerprint density at radius 1 is 1.00 bits per heavy atom. The number of aromatic nitrogens is 1. The minimum absolute atomic E-state index is 0.586. The Bertz CT molecular complexity index is 874. The van der Waals surface area contributed by atoms with Gasteiger partial charge in [-0.05, 0) is 73.4 Å². The molecule has 0 aliphatic heterocycles. The summed E-state index contributed by atoms with van der Waals surface area (Å²) in [6.07, 6.45) is 3.08. The molecule has 1 aromatic heterocycles. The van der Waals surface area contributed by atoms with Crippen LogP contribution in [0.15, 0.2) is 65.7 Å². The summed E-state index contributed by atoms with van der Waals surface area (Å²) < 4.78 is 7.44. The topological polar surface area (TPSA) is 26.5 Å². The summed E-state index contributed by atoms with van der Waals surface area (Å²) in [4.78, 5) is 4.67. The van der Waals surface area contributed by atoms with Crippen molar-refractivity contribution < 1.29 is 4.74 Å². The number of hydrogen-bond donors (Lipinski definition) is 0. The number of benzene rings is 2. The van der Waals surface area contributed by atoms with Gasteiger partial charge in [0.25, 0.3) is 0 Å². The molecule has 3 nitrogen and oxygen atoms in total. The number of aryl methyl sites for hydroxylation is 1. The fourth-order valence-electron chi connectivity index (χ4n) is 3.01. The molecule has 0 spiro atoms. The summed E-state index contributed by atoms with van der Waals surface area (Å²) in [6, 6.07) is 20.8. The quantitative estimate of drug-likeness (QED) is 0.498. The predicted octanol–water partition coefficient (Wildman–Crippen LogP) is 6.06. The third-order valence-corrected chi connectivity index (χ3v) is 4.86. The molecule has 1 unspecified atom stereocenters. The van der Waals surface area contributed by atoms with Crippen LogP contribution in [0.2, 0.25) is 0 Å². The Morgan fingerprint density at radius 2 is 1.69 bits per heavy atom. The zero-order valence-electron chi connectivity index (χ0n) is 15.9. The SMILES string of the molecule is CCC(C)c1ccc(N=Cc2ccc(C)n2-c2ccc(OC)cc2)cc1. The van der Waals surface area contributed by atoms with Crippen LogP contribution in [0, 0.1) is 6.92 Å². The molecule has 0 fully saturated rings. The molecule has 134 valence electrons. The van der Waals surface area contributed by atoms with Crippen molar-refractivity contribution in [2.24, 2.45) is 4.99 Å². The first-order valence-corrected chi connectivity index (χ1v) is 9.09. The van der Waals surface area contributed by atoms with Crippen LogP contribution in [0.5, 0.6) is 5.75 Å². The first-order chi connectivity index (χ1) is 12.6. The van der Waals surface area contributed by atoms with Crippen molar-refractivity contribution in [2.45, 2.75) is 33.1 Å². The lowest BCUT2D eigenvalue weighted by Crippen LogP contribution is -2.01. The molecule has 0 saturated heterocycles. The van der Waals surface area contributed by atoms with Crippen LogP contribution in [-0.2, 0) is 0 Å². The third-order valence-electron chi connectivity index (χ3n) is 4.86. The molecule has 0 aliphatic carbocycles. The van der Waals surface area contributed by atoms with Gasteiger partial charge < -0.3 is 9.30 Å². The summed E-state index contributed by atoms with van der Waals surface area (Å²) in [6.45, 7) is 6.57. The average molecular weight is 346 g/mol. The Labute approximate surface area is 156 Å². The zero-order chi connectivity index (χ0) is 18.5. The number of nitrogens with zero attached hydrogens (tertiary/aromatic N) is 2. The van der Waals surface area contributed by atoms with Gasteiger partial charge in [0.1, 0.15) is 5.75 Å². The van der Waals surface area contributed by atoms with Crippen molar-refractivity contribution in [3.8, 4) is 11.4 Å². The Hall–Kier alpha value is -2.81. The average Bonchev–Trinajstić information content (AvgIpc) is 3.06. The minimum atomic E-state index is 0.586. The van der Waals surface area contributed by atoms with Gasteiger partial charge in [-0.25, -0.2) is 0 Å². The van der Waals surface area contributed by atoms with Crippen LogP contribution in [0.25, 0.3) is 5.69 Å². The number of rotatable bonds is 6. The number of hydrogen-bond acceptors (Lipinski definition) is 2. The van der Waals surface area contributed by atoms with E-state index in [-0.39, 0.29) is 0 Å². The van der Waals surface area contributed by atoms with Gasteiger partial charge in [-0.15, -0.1) is 0 Å². The Kier molecular flexibility index (Phi) is 5.57. The van der Waals surface area contributed by atoms with E-state index in [1.165, 1.54) is 11.3 Å². The molecule has 3 aromatic rings. The number of ether oxygens (including phenoxy) is 1. The maximum absolute atomic E-state index is 5.25. The van der Waals surface area contributed by atoms with Gasteiger partial charge >= 0.3 is 0 Å². The molecule has 2 aromatic carbocycles. The normalized spacial score (nSPS) is 12.5. The number of methoxy groups -OCH3 is 1. The fourth-order valence-corrected chi connectivity index (χ4v) is 3.01. The lowest BCUT2D eigenvalue weighted by atomic mass is 9.99. The van der Waals surface area contributed by atoms with Crippen molar-refractivity contribution in [1.82, 2.24) is 4.57 Å². The predicted molar refractivity (Wildman–Crippen MR) is 109 cm³/mol. The second-order valence-electron chi connectivity index (χ2n) is 6.59. The van der Waals surface area contributed by atoms with Crippen LogP contribution in [0.3, 0.4) is 0 Å². The molecule has 0 bridgehead atoms. The molecule has 0 N–H and O–H groups in total. The molecule has 0 amide bonds. The van der Waals surface area contributed by atoms with Crippen molar-refractivity contribution in [3.63, 3.8) is 0 Å². The van der Waals surface area contributed by atoms with Crippen molar-refractivity contribution in [2.75, 3.05) is 7.11 Å². The molecule has 1 atom stereocenters. The molecule has 3 heteroatoms. The van der Waals surface area contributed by atoms with E-state index >= 15 is 0 Å². The van der Waals surface area contributed by atoms with E-state index in [1.807, 2.05) is 18.3 Å². The van der Waals surface area contributed by atoms with E-state index in [0.717, 1.165) is 29.2 Å². The molecule has 0 saturated carbocycles. The van der Waals surface area contributed by atoms with E-state index in [2.05, 4.69) is 78.9 Å². The van der Waals surface area contributed by atoms with Gasteiger partial charge in [-0.3, -0.25) is 4.99 Å². The van der Waals surface area contributed by atoms with Crippen LogP contribution < -0.4 is 4.74 Å². The van der Waals surface area contributed by atoms with Gasteiger partial charge in [-0.2, -0.15) is 0 Å². The molecule has 1 heterocycles. The highest BCUT2D eigenvalue weighted by Gasteiger charge is 2.06. The highest BCUT2D eigenvalue weighted by molar-refractivity contribution is 5.81. The third kappa shape index (κ3) is 3.88. The van der Waals surface area contributed by atoms with E-state index in [0.29, 0.717) is 5.92 Å². The highest BCUT2D eigenvalue weighted by atomic mass is 16.5. The molecule has 0 radical (unpaired) electrons. The lowest BCUT2D eigenvalue weighted by Gasteiger charge is -2.10. The first kappa shape index (κ1) is 18.0. The molecule has 26 heavy (non-hydrogen) atoms. The zero-order valence-corrected chi connectivity index (χ0v) is 15.9. The smallest absolute Gasteiger partial charge is 0.119 e. The van der Waals surface area contributed by atoms with Crippen molar-refractivity contribution in [1.29, 1.82) is 0 Å². The Balaban J connectivity index is 1.85. The van der Waals surface area contributed by atoms with Gasteiger partial charge in [0, 0.05) is 11.4 Å². The summed E-state index contributed by atoms with van der Waals surface area (Å²) in [5, 5.41) is 0. The van der Waals surface area contributed by atoms with Crippen LogP contribution in [0.4, 0.5) is 5.69 Å². The van der Waals surface area contributed by atoms with Gasteiger partial charge in [0.05, 0.1) is 24.7 Å². The van der Waals surface area contributed by atoms with E-state index in [9.17, 15) is 0 Å². The van der Waals surface area contributed by atoms with E-state index < -0.39 is 0 Å². The number of aliphatic imine (C=N–C) groups is 1. The summed E-state index contributed by atoms with van der Waals surface area (Å²) in [5.41, 5.74) is 5.66. The van der Waals surface area contributed by atoms with Gasteiger partial charge in [-0.1, -0.05) is 26.0 Å². The molecule has 0 aliphatic rings. The molecular formula is C23H26N2O. The monoisotopic (exact) mass is 346 g/mol. The van der Waals surface area contributed by atoms with Crippen LogP contribution in [-0.4, -0.2) is 17.9 Å². The maximum Gasteiger partial charge on any atom is 0.119 e. The van der Waals surface area contributed by atoms with Crippen molar-refractivity contribution in [3.05, 3.63) is 77.6 Å². The fraction of sp³-hybridized carbons (Fsp3) is 0.261. The largest absolute Gasteiger partial charge is 0.497 e. The lowest BCUT2D eigenvalue weighted by molar-refractivity contribution is 0.414. The van der Waals surface area contributed by atoms with Crippen LogP contribution in [0.1, 0.15) is 43.1 Å². The summed E-state index contributed by atoms with van der Waals surface area (Å²) >= 11 is 0. The first-order valence-electron chi connectivity index (χ1n) is 9.09. The van der Waals surface area contributed by atoms with Crippen LogP contribution >= 0.6 is 0 Å². The minimum Gasteiger partial charge on any atom is -0.497 e. The highest BCUT2D eigenvalue weighted by Crippen LogP contribution is 2.23. The van der Waals surface area contributed by atoms with Gasteiger partial charge in [0.2, 0.25) is 0 Å². The molecular weight excluding hydrogens is 320 g/mol. The second kappa shape index (κ2) is 8.05. The van der Waals surface area contributed by atoms with E-state index in [4.69, 9.17) is 4.74 Å². The van der Waals surface area contributed by atoms with E-state index in [1.54, 1.807) is 7.11 Å². The van der Waals surface area contributed by atoms with Crippen molar-refractivity contribution >= 4 is 11.9 Å².